The highest BCUT2D eigenvalue weighted by Crippen LogP contribution is 2.27. The van der Waals surface area contributed by atoms with Gasteiger partial charge in [0.05, 0.1) is 0 Å². The lowest BCUT2D eigenvalue weighted by Crippen LogP contribution is -2.27. The molecule has 3 N–H and O–H groups in total. The lowest BCUT2D eigenvalue weighted by atomic mass is 10.1. The normalized spacial score (nSPS) is 12.2. The molecule has 1 heterocycles. The van der Waals surface area contributed by atoms with E-state index < -0.39 is 0 Å². The van der Waals surface area contributed by atoms with Crippen LogP contribution in [-0.4, -0.2) is 31.0 Å². The number of thiazole rings is 1. The highest BCUT2D eigenvalue weighted by molar-refractivity contribution is 7.18. The topological polar surface area (TPSA) is 71.2 Å². The Bertz CT molecular complexity index is 405. The van der Waals surface area contributed by atoms with E-state index in [1.807, 2.05) is 18.9 Å². The molecule has 0 aliphatic rings. The number of aromatic nitrogens is 1. The largest absolute Gasteiger partial charge is 0.382 e. The number of nitrogens with two attached hydrogens (primary N) is 1. The molecule has 1 aromatic heterocycles. The van der Waals surface area contributed by atoms with Crippen molar-refractivity contribution in [3.05, 3.63) is 4.88 Å². The quantitative estimate of drug-likeness (QED) is 0.829. The minimum atomic E-state index is -0.124. The summed E-state index contributed by atoms with van der Waals surface area (Å²) in [6.07, 6.45) is 1.04. The number of carbonyl (C=O) groups excluding carboxylic acids is 1. The summed E-state index contributed by atoms with van der Waals surface area (Å²) < 4.78 is 0. The van der Waals surface area contributed by atoms with Crippen molar-refractivity contribution < 1.29 is 4.79 Å². The molecule has 0 bridgehead atoms. The van der Waals surface area contributed by atoms with Crippen molar-refractivity contribution in [2.45, 2.75) is 27.2 Å². The molecule has 0 spiro atoms. The number of carbonyl (C=O) groups is 1. The first kappa shape index (κ1) is 14.8. The first-order valence-corrected chi connectivity index (χ1v) is 7.06. The lowest BCUT2D eigenvalue weighted by molar-refractivity contribution is 0.0952. The summed E-state index contributed by atoms with van der Waals surface area (Å²) in [5.74, 6) is 0.666. The van der Waals surface area contributed by atoms with Gasteiger partial charge in [-0.1, -0.05) is 31.6 Å². The Labute approximate surface area is 112 Å². The Morgan fingerprint density at radius 3 is 2.78 bits per heavy atom. The van der Waals surface area contributed by atoms with Gasteiger partial charge in [0.25, 0.3) is 5.91 Å². The molecular formula is C12H22N4OS. The van der Waals surface area contributed by atoms with Crippen molar-refractivity contribution in [1.82, 2.24) is 10.3 Å². The molecule has 5 nitrogen and oxygen atoms in total. The van der Waals surface area contributed by atoms with E-state index in [1.165, 1.54) is 11.3 Å². The predicted molar refractivity (Wildman–Crippen MR) is 77.3 cm³/mol. The Morgan fingerprint density at radius 2 is 2.22 bits per heavy atom. The van der Waals surface area contributed by atoms with Crippen molar-refractivity contribution >= 4 is 28.2 Å². The number of nitrogens with one attached hydrogen (secondary N) is 1. The van der Waals surface area contributed by atoms with Crippen LogP contribution < -0.4 is 16.0 Å². The van der Waals surface area contributed by atoms with E-state index in [-0.39, 0.29) is 5.91 Å². The molecule has 0 radical (unpaired) electrons. The van der Waals surface area contributed by atoms with Gasteiger partial charge >= 0.3 is 0 Å². The monoisotopic (exact) mass is 270 g/mol. The van der Waals surface area contributed by atoms with Crippen molar-refractivity contribution in [2.75, 3.05) is 30.8 Å². The fraction of sp³-hybridized carbons (Fsp3) is 0.667. The highest BCUT2D eigenvalue weighted by atomic mass is 32.1. The summed E-state index contributed by atoms with van der Waals surface area (Å²) in [6, 6.07) is 0. The third kappa shape index (κ3) is 3.60. The van der Waals surface area contributed by atoms with Gasteiger partial charge in [0.2, 0.25) is 0 Å². The molecule has 18 heavy (non-hydrogen) atoms. The number of hydrogen-bond acceptors (Lipinski definition) is 5. The molecule has 1 atom stereocenters. The van der Waals surface area contributed by atoms with E-state index in [2.05, 4.69) is 24.1 Å². The highest BCUT2D eigenvalue weighted by Gasteiger charge is 2.17. The smallest absolute Gasteiger partial charge is 0.265 e. The van der Waals surface area contributed by atoms with Gasteiger partial charge in [-0.2, -0.15) is 0 Å². The van der Waals surface area contributed by atoms with Gasteiger partial charge < -0.3 is 16.0 Å². The summed E-state index contributed by atoms with van der Waals surface area (Å²) in [5.41, 5.74) is 5.79. The van der Waals surface area contributed by atoms with Crippen LogP contribution in [0, 0.1) is 5.92 Å². The Kier molecular flexibility index (Phi) is 5.40. The SMILES string of the molecule is CCC(C)CNC(=O)c1sc(N(C)CC)nc1N. The molecule has 1 amide bonds. The van der Waals surface area contributed by atoms with Crippen LogP contribution in [0.5, 0.6) is 0 Å². The number of nitrogens with zero attached hydrogens (tertiary/aromatic N) is 2. The fourth-order valence-electron chi connectivity index (χ4n) is 1.27. The summed E-state index contributed by atoms with van der Waals surface area (Å²) in [5, 5.41) is 3.67. The van der Waals surface area contributed by atoms with E-state index >= 15 is 0 Å². The first-order chi connectivity index (χ1) is 8.49. The second kappa shape index (κ2) is 6.58. The van der Waals surface area contributed by atoms with Gasteiger partial charge in [-0.05, 0) is 12.8 Å². The maximum atomic E-state index is 12.0. The number of anilines is 2. The molecular weight excluding hydrogens is 248 g/mol. The van der Waals surface area contributed by atoms with Gasteiger partial charge in [0.15, 0.2) is 5.13 Å². The molecule has 0 saturated heterocycles. The van der Waals surface area contributed by atoms with Crippen LogP contribution in [0.1, 0.15) is 36.9 Å². The molecule has 1 aromatic rings. The summed E-state index contributed by atoms with van der Waals surface area (Å²) >= 11 is 1.34. The lowest BCUT2D eigenvalue weighted by Gasteiger charge is -2.11. The second-order valence-corrected chi connectivity index (χ2v) is 5.43. The van der Waals surface area contributed by atoms with Crippen molar-refractivity contribution in [1.29, 1.82) is 0 Å². The van der Waals surface area contributed by atoms with Crippen molar-refractivity contribution in [3.63, 3.8) is 0 Å². The predicted octanol–water partition coefficient (Wildman–Crippen LogP) is 1.96. The zero-order valence-electron chi connectivity index (χ0n) is 11.5. The summed E-state index contributed by atoms with van der Waals surface area (Å²) in [7, 11) is 1.93. The molecule has 0 saturated carbocycles. The molecule has 0 aromatic carbocycles. The second-order valence-electron chi connectivity index (χ2n) is 4.45. The Balaban J connectivity index is 2.71. The van der Waals surface area contributed by atoms with E-state index in [0.717, 1.165) is 18.1 Å². The molecule has 102 valence electrons. The minimum absolute atomic E-state index is 0.124. The van der Waals surface area contributed by atoms with E-state index in [4.69, 9.17) is 5.73 Å². The number of rotatable bonds is 6. The maximum Gasteiger partial charge on any atom is 0.265 e. The van der Waals surface area contributed by atoms with Crippen LogP contribution in [0.3, 0.4) is 0 Å². The van der Waals surface area contributed by atoms with Crippen LogP contribution in [0.2, 0.25) is 0 Å². The number of hydrogen-bond donors (Lipinski definition) is 2. The minimum Gasteiger partial charge on any atom is -0.382 e. The van der Waals surface area contributed by atoms with E-state index in [9.17, 15) is 4.79 Å². The standard InChI is InChI=1S/C12H22N4OS/c1-5-8(3)7-14-11(17)9-10(13)15-12(18-9)16(4)6-2/h8H,5-7,13H2,1-4H3,(H,14,17). The third-order valence-electron chi connectivity index (χ3n) is 2.96. The van der Waals surface area contributed by atoms with Gasteiger partial charge in [-0.3, -0.25) is 4.79 Å². The summed E-state index contributed by atoms with van der Waals surface area (Å²) in [6.45, 7) is 7.74. The van der Waals surface area contributed by atoms with Crippen LogP contribution in [-0.2, 0) is 0 Å². The van der Waals surface area contributed by atoms with Crippen molar-refractivity contribution in [2.24, 2.45) is 5.92 Å². The first-order valence-electron chi connectivity index (χ1n) is 6.25. The molecule has 1 rings (SSSR count). The molecule has 0 aliphatic heterocycles. The van der Waals surface area contributed by atoms with Gasteiger partial charge in [-0.15, -0.1) is 0 Å². The third-order valence-corrected chi connectivity index (χ3v) is 4.14. The van der Waals surface area contributed by atoms with E-state index in [0.29, 0.717) is 23.2 Å². The van der Waals surface area contributed by atoms with E-state index in [1.54, 1.807) is 0 Å². The Hall–Kier alpha value is -1.30. The van der Waals surface area contributed by atoms with Crippen molar-refractivity contribution in [3.8, 4) is 0 Å². The molecule has 6 heteroatoms. The van der Waals surface area contributed by atoms with Gasteiger partial charge in [-0.25, -0.2) is 4.98 Å². The number of nitrogen functional groups attached to an aromatic ring is 1. The van der Waals surface area contributed by atoms with Crippen LogP contribution in [0.25, 0.3) is 0 Å². The zero-order valence-corrected chi connectivity index (χ0v) is 12.3. The maximum absolute atomic E-state index is 12.0. The average molecular weight is 270 g/mol. The van der Waals surface area contributed by atoms with Crippen LogP contribution in [0.15, 0.2) is 0 Å². The van der Waals surface area contributed by atoms with Crippen LogP contribution >= 0.6 is 11.3 Å². The van der Waals surface area contributed by atoms with Crippen LogP contribution in [0.4, 0.5) is 10.9 Å². The fourth-order valence-corrected chi connectivity index (χ4v) is 2.20. The molecule has 1 unspecified atom stereocenters. The average Bonchev–Trinajstić information content (AvgIpc) is 2.76. The number of amides is 1. The molecule has 0 aliphatic carbocycles. The molecule has 0 fully saturated rings. The zero-order chi connectivity index (χ0) is 13.7. The summed E-state index contributed by atoms with van der Waals surface area (Å²) in [4.78, 5) is 18.7. The van der Waals surface area contributed by atoms with Gasteiger partial charge in [0.1, 0.15) is 10.7 Å². The van der Waals surface area contributed by atoms with Gasteiger partial charge in [0, 0.05) is 20.1 Å². The Morgan fingerprint density at radius 1 is 1.56 bits per heavy atom.